The van der Waals surface area contributed by atoms with E-state index in [0.29, 0.717) is 0 Å². The van der Waals surface area contributed by atoms with Gasteiger partial charge in [0.2, 0.25) is 0 Å². The van der Waals surface area contributed by atoms with Gasteiger partial charge in [-0.1, -0.05) is 12.1 Å². The predicted molar refractivity (Wildman–Crippen MR) is 72.6 cm³/mol. The second-order valence-electron chi connectivity index (χ2n) is 4.27. The van der Waals surface area contributed by atoms with E-state index in [-0.39, 0.29) is 12.1 Å². The molecular formula is C14H17NOS. The Bertz CT molecular complexity index is 448. The smallest absolute Gasteiger partial charge is 0.119 e. The van der Waals surface area contributed by atoms with Crippen molar-refractivity contribution in [2.24, 2.45) is 5.73 Å². The molecule has 2 aromatic rings. The molecule has 2 N–H and O–H groups in total. The van der Waals surface area contributed by atoms with Gasteiger partial charge in [0.05, 0.1) is 12.1 Å². The van der Waals surface area contributed by atoms with Crippen LogP contribution in [0.5, 0.6) is 5.75 Å². The minimum absolute atomic E-state index is 0.0469. The van der Waals surface area contributed by atoms with E-state index in [4.69, 9.17) is 10.5 Å². The molecule has 0 saturated carbocycles. The van der Waals surface area contributed by atoms with Gasteiger partial charge in [-0.2, -0.15) is 11.3 Å². The van der Waals surface area contributed by atoms with Crippen LogP contribution in [0.3, 0.4) is 0 Å². The fraction of sp³-hybridized carbons (Fsp3) is 0.286. The molecule has 2 nitrogen and oxygen atoms in total. The molecule has 17 heavy (non-hydrogen) atoms. The van der Waals surface area contributed by atoms with Crippen LogP contribution in [0, 0.1) is 0 Å². The first-order valence-electron chi connectivity index (χ1n) is 5.71. The monoisotopic (exact) mass is 247 g/mol. The summed E-state index contributed by atoms with van der Waals surface area (Å²) in [4.78, 5) is 0. The number of hydrogen-bond acceptors (Lipinski definition) is 3. The highest BCUT2D eigenvalue weighted by Gasteiger charge is 2.09. The maximum atomic E-state index is 6.18. The summed E-state index contributed by atoms with van der Waals surface area (Å²) in [6.07, 6.45) is 0.200. The van der Waals surface area contributed by atoms with Crippen LogP contribution in [0.4, 0.5) is 0 Å². The molecule has 0 fully saturated rings. The summed E-state index contributed by atoms with van der Waals surface area (Å²) in [6.45, 7) is 4.04. The van der Waals surface area contributed by atoms with Crippen molar-refractivity contribution in [2.75, 3.05) is 0 Å². The van der Waals surface area contributed by atoms with Crippen molar-refractivity contribution in [3.63, 3.8) is 0 Å². The average Bonchev–Trinajstić information content (AvgIpc) is 2.82. The van der Waals surface area contributed by atoms with Crippen molar-refractivity contribution in [1.29, 1.82) is 0 Å². The Labute approximate surface area is 106 Å². The first-order chi connectivity index (χ1) is 8.16. The topological polar surface area (TPSA) is 35.2 Å². The molecule has 0 aliphatic heterocycles. The molecule has 0 amide bonds. The van der Waals surface area contributed by atoms with Gasteiger partial charge in [0.25, 0.3) is 0 Å². The van der Waals surface area contributed by atoms with Crippen LogP contribution in [-0.4, -0.2) is 6.10 Å². The van der Waals surface area contributed by atoms with Gasteiger partial charge in [-0.25, -0.2) is 0 Å². The molecule has 0 saturated heterocycles. The second-order valence-corrected chi connectivity index (χ2v) is 5.05. The molecule has 0 spiro atoms. The fourth-order valence-electron chi connectivity index (χ4n) is 1.67. The molecule has 3 heteroatoms. The van der Waals surface area contributed by atoms with Gasteiger partial charge >= 0.3 is 0 Å². The van der Waals surface area contributed by atoms with Crippen LogP contribution in [0.25, 0.3) is 0 Å². The van der Waals surface area contributed by atoms with Gasteiger partial charge in [0.15, 0.2) is 0 Å². The molecule has 0 aliphatic rings. The van der Waals surface area contributed by atoms with E-state index < -0.39 is 0 Å². The summed E-state index contributed by atoms with van der Waals surface area (Å²) in [5, 5.41) is 4.13. The number of nitrogens with two attached hydrogens (primary N) is 1. The summed E-state index contributed by atoms with van der Waals surface area (Å²) >= 11 is 1.67. The van der Waals surface area contributed by atoms with E-state index in [2.05, 4.69) is 11.4 Å². The normalized spacial score (nSPS) is 12.7. The summed E-state index contributed by atoms with van der Waals surface area (Å²) in [5.74, 6) is 0.890. The standard InChI is InChI=1S/C14H17NOS/c1-10(2)16-13-5-3-11(4-6-13)14(15)12-7-8-17-9-12/h3-10,14H,15H2,1-2H3/t14-/m1/s1. The first-order valence-corrected chi connectivity index (χ1v) is 6.65. The van der Waals surface area contributed by atoms with E-state index in [9.17, 15) is 0 Å². The summed E-state index contributed by atoms with van der Waals surface area (Å²) in [6, 6.07) is 10.0. The van der Waals surface area contributed by atoms with Crippen LogP contribution in [0.1, 0.15) is 31.0 Å². The molecular weight excluding hydrogens is 230 g/mol. The maximum Gasteiger partial charge on any atom is 0.119 e. The van der Waals surface area contributed by atoms with Gasteiger partial charge < -0.3 is 10.5 Å². The van der Waals surface area contributed by atoms with E-state index in [0.717, 1.165) is 16.9 Å². The molecule has 1 heterocycles. The largest absolute Gasteiger partial charge is 0.491 e. The van der Waals surface area contributed by atoms with Crippen LogP contribution in [0.15, 0.2) is 41.1 Å². The third-order valence-corrected chi connectivity index (χ3v) is 3.21. The SMILES string of the molecule is CC(C)Oc1ccc([C@@H](N)c2ccsc2)cc1. The Hall–Kier alpha value is -1.32. The lowest BCUT2D eigenvalue weighted by Gasteiger charge is -2.13. The van der Waals surface area contributed by atoms with Crippen molar-refractivity contribution in [3.05, 3.63) is 52.2 Å². The molecule has 1 aromatic carbocycles. The highest BCUT2D eigenvalue weighted by Crippen LogP contribution is 2.23. The lowest BCUT2D eigenvalue weighted by molar-refractivity contribution is 0.242. The predicted octanol–water partition coefficient (Wildman–Crippen LogP) is 3.58. The Balaban J connectivity index is 2.12. The zero-order valence-corrected chi connectivity index (χ0v) is 10.9. The minimum Gasteiger partial charge on any atom is -0.491 e. The molecule has 0 aliphatic carbocycles. The third-order valence-electron chi connectivity index (χ3n) is 2.51. The number of benzene rings is 1. The molecule has 2 rings (SSSR count). The number of hydrogen-bond donors (Lipinski definition) is 1. The van der Waals surface area contributed by atoms with Crippen LogP contribution < -0.4 is 10.5 Å². The minimum atomic E-state index is -0.0469. The lowest BCUT2D eigenvalue weighted by atomic mass is 10.0. The Morgan fingerprint density at radius 3 is 2.29 bits per heavy atom. The summed E-state index contributed by atoms with van der Waals surface area (Å²) in [5.41, 5.74) is 8.45. The van der Waals surface area contributed by atoms with Gasteiger partial charge in [0, 0.05) is 0 Å². The number of thiophene rings is 1. The zero-order valence-electron chi connectivity index (χ0n) is 10.1. The average molecular weight is 247 g/mol. The van der Waals surface area contributed by atoms with E-state index in [1.165, 1.54) is 0 Å². The first kappa shape index (κ1) is 12.1. The lowest BCUT2D eigenvalue weighted by Crippen LogP contribution is -2.11. The molecule has 0 unspecified atom stereocenters. The highest BCUT2D eigenvalue weighted by atomic mass is 32.1. The van der Waals surface area contributed by atoms with Crippen LogP contribution >= 0.6 is 11.3 Å². The Kier molecular flexibility index (Phi) is 3.82. The Morgan fingerprint density at radius 2 is 1.76 bits per heavy atom. The zero-order chi connectivity index (χ0) is 12.3. The molecule has 90 valence electrons. The maximum absolute atomic E-state index is 6.18. The summed E-state index contributed by atoms with van der Waals surface area (Å²) in [7, 11) is 0. The quantitative estimate of drug-likeness (QED) is 0.896. The van der Waals surface area contributed by atoms with E-state index in [1.807, 2.05) is 43.5 Å². The molecule has 1 atom stereocenters. The van der Waals surface area contributed by atoms with Crippen molar-refractivity contribution < 1.29 is 4.74 Å². The van der Waals surface area contributed by atoms with Crippen molar-refractivity contribution in [2.45, 2.75) is 26.0 Å². The molecule has 0 bridgehead atoms. The van der Waals surface area contributed by atoms with Crippen LogP contribution in [0.2, 0.25) is 0 Å². The third kappa shape index (κ3) is 3.08. The van der Waals surface area contributed by atoms with Gasteiger partial charge in [-0.15, -0.1) is 0 Å². The molecule has 1 aromatic heterocycles. The number of rotatable bonds is 4. The van der Waals surface area contributed by atoms with Crippen molar-refractivity contribution in [1.82, 2.24) is 0 Å². The molecule has 0 radical (unpaired) electrons. The second kappa shape index (κ2) is 5.34. The highest BCUT2D eigenvalue weighted by molar-refractivity contribution is 7.08. The van der Waals surface area contributed by atoms with Crippen molar-refractivity contribution >= 4 is 11.3 Å². The Morgan fingerprint density at radius 1 is 1.06 bits per heavy atom. The van der Waals surface area contributed by atoms with Gasteiger partial charge in [-0.05, 0) is 53.9 Å². The number of ether oxygens (including phenoxy) is 1. The van der Waals surface area contributed by atoms with Crippen molar-refractivity contribution in [3.8, 4) is 5.75 Å². The van der Waals surface area contributed by atoms with E-state index >= 15 is 0 Å². The van der Waals surface area contributed by atoms with Gasteiger partial charge in [-0.3, -0.25) is 0 Å². The van der Waals surface area contributed by atoms with Crippen LogP contribution in [-0.2, 0) is 0 Å². The van der Waals surface area contributed by atoms with Gasteiger partial charge in [0.1, 0.15) is 5.75 Å². The van der Waals surface area contributed by atoms with E-state index in [1.54, 1.807) is 11.3 Å². The summed E-state index contributed by atoms with van der Waals surface area (Å²) < 4.78 is 5.60. The fourth-order valence-corrected chi connectivity index (χ4v) is 2.37.